The van der Waals surface area contributed by atoms with E-state index in [9.17, 15) is 0 Å². The van der Waals surface area contributed by atoms with Crippen LogP contribution in [0.1, 0.15) is 36.6 Å². The van der Waals surface area contributed by atoms with Gasteiger partial charge in [-0.1, -0.05) is 19.9 Å². The number of pyridine rings is 1. The molecule has 0 saturated heterocycles. The van der Waals surface area contributed by atoms with Crippen LogP contribution in [0.25, 0.3) is 11.5 Å². The van der Waals surface area contributed by atoms with Crippen molar-refractivity contribution in [1.82, 2.24) is 15.0 Å². The molecule has 2 aromatic rings. The Labute approximate surface area is 114 Å². The summed E-state index contributed by atoms with van der Waals surface area (Å²) in [5.41, 5.74) is 4.12. The molecule has 0 atom stereocenters. The summed E-state index contributed by atoms with van der Waals surface area (Å²) < 4.78 is 0. The van der Waals surface area contributed by atoms with Gasteiger partial charge in [-0.15, -0.1) is 0 Å². The molecule has 0 amide bonds. The first kappa shape index (κ1) is 13.5. The average molecular weight is 256 g/mol. The SMILES string of the molecule is CNc1cc(C(C)C)nc(-c2ncc(C)cc2C)n1. The third-order valence-corrected chi connectivity index (χ3v) is 3.02. The van der Waals surface area contributed by atoms with Crippen molar-refractivity contribution in [3.63, 3.8) is 0 Å². The van der Waals surface area contributed by atoms with Gasteiger partial charge in [0.15, 0.2) is 5.82 Å². The maximum Gasteiger partial charge on any atom is 0.180 e. The van der Waals surface area contributed by atoms with Gasteiger partial charge in [-0.05, 0) is 30.9 Å². The van der Waals surface area contributed by atoms with E-state index in [1.165, 1.54) is 0 Å². The molecule has 19 heavy (non-hydrogen) atoms. The number of nitrogens with zero attached hydrogens (tertiary/aromatic N) is 3. The van der Waals surface area contributed by atoms with E-state index in [-0.39, 0.29) is 0 Å². The Morgan fingerprint density at radius 3 is 2.42 bits per heavy atom. The van der Waals surface area contributed by atoms with E-state index in [0.29, 0.717) is 11.7 Å². The molecule has 0 bridgehead atoms. The number of aromatic nitrogens is 3. The minimum Gasteiger partial charge on any atom is -0.373 e. The van der Waals surface area contributed by atoms with Crippen LogP contribution in [0.5, 0.6) is 0 Å². The van der Waals surface area contributed by atoms with Crippen LogP contribution < -0.4 is 5.32 Å². The highest BCUT2D eigenvalue weighted by atomic mass is 15.0. The van der Waals surface area contributed by atoms with Gasteiger partial charge < -0.3 is 5.32 Å². The smallest absolute Gasteiger partial charge is 0.180 e. The minimum atomic E-state index is 0.361. The van der Waals surface area contributed by atoms with E-state index >= 15 is 0 Å². The second kappa shape index (κ2) is 5.34. The van der Waals surface area contributed by atoms with Crippen LogP contribution in [0.4, 0.5) is 5.82 Å². The van der Waals surface area contributed by atoms with Crippen molar-refractivity contribution in [2.24, 2.45) is 0 Å². The number of anilines is 1. The van der Waals surface area contributed by atoms with Gasteiger partial charge in [0.2, 0.25) is 0 Å². The highest BCUT2D eigenvalue weighted by Crippen LogP contribution is 2.23. The molecule has 2 heterocycles. The molecule has 4 heteroatoms. The topological polar surface area (TPSA) is 50.7 Å². The highest BCUT2D eigenvalue weighted by Gasteiger charge is 2.12. The van der Waals surface area contributed by atoms with E-state index < -0.39 is 0 Å². The Hall–Kier alpha value is -1.97. The first-order valence-electron chi connectivity index (χ1n) is 6.51. The lowest BCUT2D eigenvalue weighted by atomic mass is 10.1. The van der Waals surface area contributed by atoms with Gasteiger partial charge in [0.25, 0.3) is 0 Å². The van der Waals surface area contributed by atoms with Gasteiger partial charge in [0.1, 0.15) is 11.5 Å². The number of rotatable bonds is 3. The van der Waals surface area contributed by atoms with Crippen molar-refractivity contribution in [1.29, 1.82) is 0 Å². The van der Waals surface area contributed by atoms with E-state index in [0.717, 1.165) is 28.3 Å². The molecule has 0 unspecified atom stereocenters. The van der Waals surface area contributed by atoms with E-state index in [2.05, 4.69) is 40.2 Å². The largest absolute Gasteiger partial charge is 0.373 e. The predicted molar refractivity (Wildman–Crippen MR) is 78.4 cm³/mol. The van der Waals surface area contributed by atoms with Crippen LogP contribution in [0.3, 0.4) is 0 Å². The summed E-state index contributed by atoms with van der Waals surface area (Å²) in [5, 5.41) is 3.08. The van der Waals surface area contributed by atoms with Crippen molar-refractivity contribution in [3.05, 3.63) is 35.2 Å². The summed E-state index contributed by atoms with van der Waals surface area (Å²) >= 11 is 0. The number of nitrogens with one attached hydrogen (secondary N) is 1. The molecule has 4 nitrogen and oxygen atoms in total. The maximum atomic E-state index is 4.63. The molecular formula is C15H20N4. The zero-order valence-corrected chi connectivity index (χ0v) is 12.2. The Balaban J connectivity index is 2.57. The summed E-state index contributed by atoms with van der Waals surface area (Å²) in [5.74, 6) is 1.88. The lowest BCUT2D eigenvalue weighted by Gasteiger charge is -2.11. The fraction of sp³-hybridized carbons (Fsp3) is 0.400. The summed E-state index contributed by atoms with van der Waals surface area (Å²) in [4.78, 5) is 13.6. The lowest BCUT2D eigenvalue weighted by Crippen LogP contribution is -2.04. The average Bonchev–Trinajstić information content (AvgIpc) is 2.38. The van der Waals surface area contributed by atoms with Gasteiger partial charge >= 0.3 is 0 Å². The Morgan fingerprint density at radius 1 is 1.11 bits per heavy atom. The van der Waals surface area contributed by atoms with E-state index in [4.69, 9.17) is 0 Å². The zero-order valence-electron chi connectivity index (χ0n) is 12.2. The first-order valence-corrected chi connectivity index (χ1v) is 6.51. The second-order valence-electron chi connectivity index (χ2n) is 5.08. The van der Waals surface area contributed by atoms with Crippen LogP contribution in [0.2, 0.25) is 0 Å². The molecule has 0 aliphatic carbocycles. The van der Waals surface area contributed by atoms with Gasteiger partial charge in [-0.2, -0.15) is 0 Å². The monoisotopic (exact) mass is 256 g/mol. The molecule has 0 aliphatic heterocycles. The van der Waals surface area contributed by atoms with Gasteiger partial charge in [0, 0.05) is 25.0 Å². The Kier molecular flexibility index (Phi) is 3.79. The van der Waals surface area contributed by atoms with Crippen molar-refractivity contribution < 1.29 is 0 Å². The Bertz CT molecular complexity index is 591. The van der Waals surface area contributed by atoms with Crippen LogP contribution >= 0.6 is 0 Å². The summed E-state index contributed by atoms with van der Waals surface area (Å²) in [6, 6.07) is 4.09. The van der Waals surface area contributed by atoms with Crippen molar-refractivity contribution in [3.8, 4) is 11.5 Å². The number of aryl methyl sites for hydroxylation is 2. The Morgan fingerprint density at radius 2 is 1.84 bits per heavy atom. The van der Waals surface area contributed by atoms with Crippen LogP contribution in [0.15, 0.2) is 18.3 Å². The van der Waals surface area contributed by atoms with Crippen molar-refractivity contribution in [2.45, 2.75) is 33.6 Å². The molecule has 0 radical (unpaired) electrons. The van der Waals surface area contributed by atoms with Crippen LogP contribution in [0, 0.1) is 13.8 Å². The summed E-state index contributed by atoms with van der Waals surface area (Å²) in [6.45, 7) is 8.33. The van der Waals surface area contributed by atoms with E-state index in [1.807, 2.05) is 33.2 Å². The van der Waals surface area contributed by atoms with Gasteiger partial charge in [-0.3, -0.25) is 4.98 Å². The molecule has 0 spiro atoms. The fourth-order valence-electron chi connectivity index (χ4n) is 1.95. The van der Waals surface area contributed by atoms with Gasteiger partial charge in [-0.25, -0.2) is 9.97 Å². The maximum absolute atomic E-state index is 4.63. The molecule has 2 rings (SSSR count). The number of hydrogen-bond donors (Lipinski definition) is 1. The van der Waals surface area contributed by atoms with Crippen LogP contribution in [-0.4, -0.2) is 22.0 Å². The standard InChI is InChI=1S/C15H20N4/c1-9(2)12-7-13(16-5)19-15(18-12)14-11(4)6-10(3)8-17-14/h6-9H,1-5H3,(H,16,18,19). The van der Waals surface area contributed by atoms with Crippen LogP contribution in [-0.2, 0) is 0 Å². The normalized spacial score (nSPS) is 10.8. The molecule has 2 aromatic heterocycles. The summed E-state index contributed by atoms with van der Waals surface area (Å²) in [7, 11) is 1.87. The number of hydrogen-bond acceptors (Lipinski definition) is 4. The molecule has 0 fully saturated rings. The molecular weight excluding hydrogens is 236 g/mol. The third kappa shape index (κ3) is 2.89. The molecule has 0 saturated carbocycles. The lowest BCUT2D eigenvalue weighted by molar-refractivity contribution is 0.816. The van der Waals surface area contributed by atoms with Crippen molar-refractivity contribution >= 4 is 5.82 Å². The molecule has 100 valence electrons. The fourth-order valence-corrected chi connectivity index (χ4v) is 1.95. The third-order valence-electron chi connectivity index (χ3n) is 3.02. The highest BCUT2D eigenvalue weighted by molar-refractivity contribution is 5.57. The minimum absolute atomic E-state index is 0.361. The van der Waals surface area contributed by atoms with Gasteiger partial charge in [0.05, 0.1) is 0 Å². The molecule has 0 aliphatic rings. The second-order valence-corrected chi connectivity index (χ2v) is 5.08. The van der Waals surface area contributed by atoms with Crippen molar-refractivity contribution in [2.75, 3.05) is 12.4 Å². The molecule has 0 aromatic carbocycles. The zero-order chi connectivity index (χ0) is 14.0. The quantitative estimate of drug-likeness (QED) is 0.915. The predicted octanol–water partition coefficient (Wildman–Crippen LogP) is 3.32. The first-order chi connectivity index (χ1) is 9.01. The van der Waals surface area contributed by atoms with E-state index in [1.54, 1.807) is 0 Å². The summed E-state index contributed by atoms with van der Waals surface area (Å²) in [6.07, 6.45) is 1.85. The molecule has 1 N–H and O–H groups in total.